The van der Waals surface area contributed by atoms with Gasteiger partial charge in [-0.1, -0.05) is 0 Å². The Labute approximate surface area is 105 Å². The monoisotopic (exact) mass is 251 g/mol. The van der Waals surface area contributed by atoms with Gasteiger partial charge in [-0.25, -0.2) is 4.98 Å². The number of nitrogens with zero attached hydrogens (tertiary/aromatic N) is 3. The van der Waals surface area contributed by atoms with Gasteiger partial charge in [-0.15, -0.1) is 0 Å². The zero-order chi connectivity index (χ0) is 13.1. The van der Waals surface area contributed by atoms with E-state index < -0.39 is 5.91 Å². The summed E-state index contributed by atoms with van der Waals surface area (Å²) < 4.78 is 5.40. The summed E-state index contributed by atoms with van der Waals surface area (Å²) in [6.07, 6.45) is 3.01. The van der Waals surface area contributed by atoms with E-state index in [1.165, 1.54) is 6.20 Å². The lowest BCUT2D eigenvalue weighted by Crippen LogP contribution is -2.34. The highest BCUT2D eigenvalue weighted by atomic mass is 16.5. The van der Waals surface area contributed by atoms with E-state index in [0.717, 1.165) is 13.1 Å². The fourth-order valence-corrected chi connectivity index (χ4v) is 2.08. The van der Waals surface area contributed by atoms with E-state index in [1.54, 1.807) is 13.3 Å². The molecule has 0 radical (unpaired) electrons. The molecule has 0 unspecified atom stereocenters. The average molecular weight is 251 g/mol. The number of amides is 1. The van der Waals surface area contributed by atoms with Crippen LogP contribution in [0, 0.1) is 0 Å². The van der Waals surface area contributed by atoms with Gasteiger partial charge in [-0.05, 0) is 7.05 Å². The van der Waals surface area contributed by atoms with Crippen LogP contribution in [0.15, 0.2) is 12.4 Å². The van der Waals surface area contributed by atoms with Crippen LogP contribution in [0.5, 0.6) is 0 Å². The molecule has 0 aromatic carbocycles. The van der Waals surface area contributed by atoms with E-state index in [1.807, 2.05) is 7.05 Å². The second kappa shape index (κ2) is 5.28. The Morgan fingerprint density at radius 2 is 2.33 bits per heavy atom. The fraction of sp³-hybridized carbons (Fsp3) is 0.545. The number of nitrogens with two attached hydrogens (primary N) is 1. The second-order valence-electron chi connectivity index (χ2n) is 4.40. The van der Waals surface area contributed by atoms with Gasteiger partial charge in [-0.2, -0.15) is 0 Å². The SMILES string of the molecule is CO[C@H]1CN(C)C[C@@H]1Nc1cncc(C(N)=O)n1. The van der Waals surface area contributed by atoms with E-state index in [-0.39, 0.29) is 17.8 Å². The number of carbonyl (C=O) groups is 1. The number of likely N-dealkylation sites (tertiary alicyclic amines) is 1. The highest BCUT2D eigenvalue weighted by Gasteiger charge is 2.31. The molecule has 1 aromatic heterocycles. The second-order valence-corrected chi connectivity index (χ2v) is 4.40. The number of likely N-dealkylation sites (N-methyl/N-ethyl adjacent to an activating group) is 1. The molecule has 0 spiro atoms. The standard InChI is InChI=1S/C11H17N5O2/c1-16-5-8(9(6-16)18-2)15-10-4-13-3-7(14-10)11(12)17/h3-4,8-9H,5-6H2,1-2H3,(H2,12,17)(H,14,15)/t8-,9-/m0/s1. The molecule has 1 aliphatic heterocycles. The van der Waals surface area contributed by atoms with Crippen molar-refractivity contribution in [3.8, 4) is 0 Å². The Hall–Kier alpha value is -1.73. The van der Waals surface area contributed by atoms with Crippen molar-refractivity contribution in [1.29, 1.82) is 0 Å². The van der Waals surface area contributed by atoms with Crippen LogP contribution in [0.2, 0.25) is 0 Å². The minimum Gasteiger partial charge on any atom is -0.378 e. The van der Waals surface area contributed by atoms with Gasteiger partial charge in [0.1, 0.15) is 11.5 Å². The quantitative estimate of drug-likeness (QED) is 0.736. The molecule has 0 aliphatic carbocycles. The first kappa shape index (κ1) is 12.7. The van der Waals surface area contributed by atoms with Gasteiger partial charge >= 0.3 is 0 Å². The summed E-state index contributed by atoms with van der Waals surface area (Å²) >= 11 is 0. The molecule has 1 aliphatic rings. The number of nitrogens with one attached hydrogen (secondary N) is 1. The highest BCUT2D eigenvalue weighted by Crippen LogP contribution is 2.15. The molecule has 98 valence electrons. The van der Waals surface area contributed by atoms with Gasteiger partial charge in [0.25, 0.3) is 5.91 Å². The van der Waals surface area contributed by atoms with Gasteiger partial charge in [0.15, 0.2) is 0 Å². The largest absolute Gasteiger partial charge is 0.378 e. The first-order valence-corrected chi connectivity index (χ1v) is 5.70. The van der Waals surface area contributed by atoms with Crippen molar-refractivity contribution >= 4 is 11.7 Å². The third-order valence-electron chi connectivity index (χ3n) is 2.97. The lowest BCUT2D eigenvalue weighted by molar-refractivity contribution is 0.0995. The maximum absolute atomic E-state index is 11.0. The molecule has 7 heteroatoms. The zero-order valence-corrected chi connectivity index (χ0v) is 10.5. The molecule has 2 rings (SSSR count). The number of anilines is 1. The van der Waals surface area contributed by atoms with Crippen molar-refractivity contribution in [3.05, 3.63) is 18.1 Å². The number of hydrogen-bond donors (Lipinski definition) is 2. The van der Waals surface area contributed by atoms with E-state index in [0.29, 0.717) is 5.82 Å². The third kappa shape index (κ3) is 2.74. The minimum atomic E-state index is -0.585. The first-order chi connectivity index (χ1) is 8.60. The molecule has 3 N–H and O–H groups in total. The number of methoxy groups -OCH3 is 1. The Morgan fingerprint density at radius 1 is 1.56 bits per heavy atom. The van der Waals surface area contributed by atoms with Gasteiger partial charge < -0.3 is 20.7 Å². The van der Waals surface area contributed by atoms with Crippen molar-refractivity contribution in [2.24, 2.45) is 5.73 Å². The Balaban J connectivity index is 2.09. The first-order valence-electron chi connectivity index (χ1n) is 5.70. The molecular weight excluding hydrogens is 234 g/mol. The van der Waals surface area contributed by atoms with Crippen molar-refractivity contribution < 1.29 is 9.53 Å². The predicted molar refractivity (Wildman–Crippen MR) is 66.3 cm³/mol. The smallest absolute Gasteiger partial charge is 0.268 e. The van der Waals surface area contributed by atoms with Gasteiger partial charge in [0, 0.05) is 20.2 Å². The molecule has 18 heavy (non-hydrogen) atoms. The summed E-state index contributed by atoms with van der Waals surface area (Å²) in [5, 5.41) is 3.22. The lowest BCUT2D eigenvalue weighted by atomic mass is 10.2. The van der Waals surface area contributed by atoms with Gasteiger partial charge in [0.05, 0.1) is 24.5 Å². The molecule has 0 bridgehead atoms. The van der Waals surface area contributed by atoms with Crippen LogP contribution >= 0.6 is 0 Å². The lowest BCUT2D eigenvalue weighted by Gasteiger charge is -2.18. The number of carbonyl (C=O) groups excluding carboxylic acids is 1. The summed E-state index contributed by atoms with van der Waals surface area (Å²) in [4.78, 5) is 21.2. The molecule has 0 saturated carbocycles. The van der Waals surface area contributed by atoms with E-state index in [4.69, 9.17) is 10.5 Å². The van der Waals surface area contributed by atoms with E-state index in [9.17, 15) is 4.79 Å². The number of ether oxygens (including phenoxy) is 1. The minimum absolute atomic E-state index is 0.0917. The summed E-state index contributed by atoms with van der Waals surface area (Å²) in [5.74, 6) is -0.0494. The van der Waals surface area contributed by atoms with Crippen molar-refractivity contribution in [2.75, 3.05) is 32.6 Å². The summed E-state index contributed by atoms with van der Waals surface area (Å²) in [6, 6.07) is 0.123. The van der Waals surface area contributed by atoms with Crippen molar-refractivity contribution in [2.45, 2.75) is 12.1 Å². The molecule has 1 amide bonds. The normalized spacial score (nSPS) is 24.1. The van der Waals surface area contributed by atoms with Crippen LogP contribution in [0.1, 0.15) is 10.5 Å². The number of aromatic nitrogens is 2. The molecule has 2 atom stereocenters. The Kier molecular flexibility index (Phi) is 3.73. The molecule has 1 saturated heterocycles. The van der Waals surface area contributed by atoms with Crippen LogP contribution in [-0.4, -0.2) is 60.2 Å². The Morgan fingerprint density at radius 3 is 3.00 bits per heavy atom. The van der Waals surface area contributed by atoms with Crippen LogP contribution in [0.4, 0.5) is 5.82 Å². The predicted octanol–water partition coefficient (Wildman–Crippen LogP) is -0.684. The number of rotatable bonds is 4. The fourth-order valence-electron chi connectivity index (χ4n) is 2.08. The zero-order valence-electron chi connectivity index (χ0n) is 10.5. The summed E-state index contributed by atoms with van der Waals surface area (Å²) in [7, 11) is 3.71. The van der Waals surface area contributed by atoms with Crippen LogP contribution < -0.4 is 11.1 Å². The highest BCUT2D eigenvalue weighted by molar-refractivity contribution is 5.90. The van der Waals surface area contributed by atoms with Crippen molar-refractivity contribution in [1.82, 2.24) is 14.9 Å². The Bertz CT molecular complexity index is 439. The van der Waals surface area contributed by atoms with Crippen LogP contribution in [-0.2, 0) is 4.74 Å². The van der Waals surface area contributed by atoms with Gasteiger partial charge in [-0.3, -0.25) is 9.78 Å². The average Bonchev–Trinajstić information content (AvgIpc) is 2.69. The molecule has 1 aromatic rings. The maximum atomic E-state index is 11.0. The number of hydrogen-bond acceptors (Lipinski definition) is 6. The molecule has 7 nitrogen and oxygen atoms in total. The molecule has 1 fully saturated rings. The van der Waals surface area contributed by atoms with Gasteiger partial charge in [0.2, 0.25) is 0 Å². The van der Waals surface area contributed by atoms with Crippen LogP contribution in [0.25, 0.3) is 0 Å². The number of primary amides is 1. The van der Waals surface area contributed by atoms with E-state index >= 15 is 0 Å². The van der Waals surface area contributed by atoms with E-state index in [2.05, 4.69) is 20.2 Å². The van der Waals surface area contributed by atoms with Crippen LogP contribution in [0.3, 0.4) is 0 Å². The summed E-state index contributed by atoms with van der Waals surface area (Å²) in [6.45, 7) is 1.71. The molecule has 2 heterocycles. The third-order valence-corrected chi connectivity index (χ3v) is 2.97. The molecular formula is C11H17N5O2. The topological polar surface area (TPSA) is 93.4 Å². The van der Waals surface area contributed by atoms with Crippen molar-refractivity contribution in [3.63, 3.8) is 0 Å². The summed E-state index contributed by atoms with van der Waals surface area (Å²) in [5.41, 5.74) is 5.32. The maximum Gasteiger partial charge on any atom is 0.268 e.